The third kappa shape index (κ3) is 6.33. The third-order valence-electron chi connectivity index (χ3n) is 6.40. The van der Waals surface area contributed by atoms with Gasteiger partial charge in [0.15, 0.2) is 17.1 Å². The van der Waals surface area contributed by atoms with E-state index in [1.54, 1.807) is 22.8 Å². The Bertz CT molecular complexity index is 1430. The number of aromatic nitrogens is 4. The molecule has 1 unspecified atom stereocenters. The summed E-state index contributed by atoms with van der Waals surface area (Å²) in [4.78, 5) is 24.9. The zero-order valence-corrected chi connectivity index (χ0v) is 23.7. The number of nitrogens with zero attached hydrogens (tertiary/aromatic N) is 4. The van der Waals surface area contributed by atoms with E-state index in [0.29, 0.717) is 11.2 Å². The molecule has 1 aliphatic carbocycles. The predicted molar refractivity (Wildman–Crippen MR) is 146 cm³/mol. The molecule has 0 aliphatic heterocycles. The fraction of sp³-hybridized carbons (Fsp3) is 0.462. The summed E-state index contributed by atoms with van der Waals surface area (Å²) in [5, 5.41) is 13.3. The highest BCUT2D eigenvalue weighted by Gasteiger charge is 2.53. The molecule has 14 heteroatoms. The van der Waals surface area contributed by atoms with Gasteiger partial charge >= 0.3 is 13.7 Å². The molecule has 2 aromatic heterocycles. The van der Waals surface area contributed by atoms with Crippen LogP contribution in [0.1, 0.15) is 40.2 Å². The fourth-order valence-corrected chi connectivity index (χ4v) is 5.71. The first-order valence-corrected chi connectivity index (χ1v) is 14.2. The minimum Gasteiger partial charge on any atom is -0.464 e. The molecule has 0 radical (unpaired) electrons. The zero-order valence-electron chi connectivity index (χ0n) is 22.8. The first-order chi connectivity index (χ1) is 18.7. The van der Waals surface area contributed by atoms with Crippen LogP contribution in [0.5, 0.6) is 5.75 Å². The normalized spacial score (nSPS) is 23.6. The van der Waals surface area contributed by atoms with E-state index in [4.69, 9.17) is 19.5 Å². The number of aliphatic hydroxyl groups is 1. The molecule has 1 saturated carbocycles. The van der Waals surface area contributed by atoms with Crippen molar-refractivity contribution in [1.29, 1.82) is 0 Å². The van der Waals surface area contributed by atoms with Crippen LogP contribution in [0.15, 0.2) is 55.1 Å². The lowest BCUT2D eigenvalue weighted by atomic mass is 9.99. The van der Waals surface area contributed by atoms with Gasteiger partial charge in [0, 0.05) is 6.42 Å². The fourth-order valence-electron chi connectivity index (χ4n) is 4.19. The average Bonchev–Trinajstić information content (AvgIpc) is 3.42. The van der Waals surface area contributed by atoms with E-state index in [-0.39, 0.29) is 35.6 Å². The minimum atomic E-state index is -4.39. The topological polar surface area (TPSA) is 164 Å². The van der Waals surface area contributed by atoms with Gasteiger partial charge in [-0.15, -0.1) is 0 Å². The average molecular weight is 577 g/mol. The Kier molecular flexibility index (Phi) is 8.32. The number of para-hydroxylation sites is 1. The number of carbonyl (C=O) groups is 1. The number of nitrogens with one attached hydrogen (secondary N) is 1. The van der Waals surface area contributed by atoms with Crippen molar-refractivity contribution in [3.05, 3.63) is 55.1 Å². The summed E-state index contributed by atoms with van der Waals surface area (Å²) >= 11 is 0. The van der Waals surface area contributed by atoms with Gasteiger partial charge in [-0.2, -0.15) is 5.09 Å². The number of nitrogens with two attached hydrogens (primary N) is 1. The van der Waals surface area contributed by atoms with Crippen molar-refractivity contribution in [2.75, 3.05) is 18.9 Å². The van der Waals surface area contributed by atoms with Gasteiger partial charge in [-0.1, -0.05) is 45.5 Å². The standard InChI is InChI=1S/C26H34FN6O6P/c1-16-19(33-15-31-21-22(28)29-14-30-23(21)33)11-20(34)26(16,27)13-38-40(36,39-18-9-7-6-8-10-18)32-17(2)24(35)37-12-25(3,4)5/h6-10,14-15,17,19-20,34H,1,11-13H2,2-5H3,(H,32,36)(H2,28,29,30)/t17-,19-,20-,26+,40?/m0/s1. The van der Waals surface area contributed by atoms with E-state index in [0.717, 1.165) is 0 Å². The number of anilines is 1. The molecule has 1 fully saturated rings. The number of aliphatic hydroxyl groups excluding tert-OH is 1. The second kappa shape index (κ2) is 11.2. The number of halogens is 1. The Balaban J connectivity index is 1.54. The lowest BCUT2D eigenvalue weighted by molar-refractivity contribution is -0.148. The first kappa shape index (κ1) is 29.6. The van der Waals surface area contributed by atoms with Gasteiger partial charge in [-0.25, -0.2) is 23.9 Å². The van der Waals surface area contributed by atoms with Crippen molar-refractivity contribution in [2.45, 2.75) is 58.0 Å². The van der Waals surface area contributed by atoms with E-state index in [1.165, 1.54) is 31.7 Å². The van der Waals surface area contributed by atoms with Gasteiger partial charge in [-0.3, -0.25) is 9.32 Å². The molecule has 0 saturated heterocycles. The Labute approximate surface area is 231 Å². The van der Waals surface area contributed by atoms with Crippen LogP contribution in [0.2, 0.25) is 0 Å². The molecule has 40 heavy (non-hydrogen) atoms. The summed E-state index contributed by atoms with van der Waals surface area (Å²) < 4.78 is 48.2. The highest BCUT2D eigenvalue weighted by atomic mass is 31.2. The number of nitrogen functional groups attached to an aromatic ring is 1. The van der Waals surface area contributed by atoms with E-state index >= 15 is 4.39 Å². The smallest absolute Gasteiger partial charge is 0.459 e. The Hall–Kier alpha value is -3.38. The van der Waals surface area contributed by atoms with E-state index in [1.807, 2.05) is 20.8 Å². The Morgan fingerprint density at radius 3 is 2.70 bits per heavy atom. The van der Waals surface area contributed by atoms with Crippen LogP contribution in [-0.4, -0.2) is 61.6 Å². The molecule has 0 bridgehead atoms. The van der Waals surface area contributed by atoms with Gasteiger partial charge in [0.05, 0.1) is 31.7 Å². The molecule has 216 valence electrons. The largest absolute Gasteiger partial charge is 0.464 e. The molecule has 5 atom stereocenters. The van der Waals surface area contributed by atoms with Crippen LogP contribution in [0.25, 0.3) is 11.2 Å². The zero-order chi connectivity index (χ0) is 29.3. The van der Waals surface area contributed by atoms with E-state index < -0.39 is 44.2 Å². The first-order valence-electron chi connectivity index (χ1n) is 12.7. The number of fused-ring (bicyclic) bond motifs is 1. The third-order valence-corrected chi connectivity index (χ3v) is 8.02. The van der Waals surface area contributed by atoms with Gasteiger partial charge in [0.1, 0.15) is 23.6 Å². The summed E-state index contributed by atoms with van der Waals surface area (Å²) in [6.07, 6.45) is 1.02. The van der Waals surface area contributed by atoms with Crippen molar-refractivity contribution in [2.24, 2.45) is 5.41 Å². The summed E-state index contributed by atoms with van der Waals surface area (Å²) in [5.41, 5.74) is 3.69. The molecule has 4 N–H and O–H groups in total. The van der Waals surface area contributed by atoms with Crippen molar-refractivity contribution >= 4 is 30.7 Å². The van der Waals surface area contributed by atoms with Crippen LogP contribution in [0, 0.1) is 5.41 Å². The summed E-state index contributed by atoms with van der Waals surface area (Å²) in [6.45, 7) is 10.2. The SMILES string of the molecule is C=C1[C@@H](n2cnc3c(N)ncnc32)C[C@H](O)[C@@]1(F)COP(=O)(N[C@@H](C)C(=O)OCC(C)(C)C)Oc1ccccc1. The maximum absolute atomic E-state index is 16.4. The van der Waals surface area contributed by atoms with Crippen molar-refractivity contribution in [3.63, 3.8) is 0 Å². The number of hydrogen-bond donors (Lipinski definition) is 3. The monoisotopic (exact) mass is 576 g/mol. The van der Waals surface area contributed by atoms with Crippen LogP contribution in [-0.2, 0) is 18.6 Å². The number of benzene rings is 1. The molecular formula is C26H34FN6O6P. The van der Waals surface area contributed by atoms with Crippen LogP contribution in [0.4, 0.5) is 10.2 Å². The van der Waals surface area contributed by atoms with Gasteiger partial charge < -0.3 is 24.7 Å². The molecule has 3 aromatic rings. The molecule has 0 spiro atoms. The number of ether oxygens (including phenoxy) is 1. The summed E-state index contributed by atoms with van der Waals surface area (Å²) in [5.74, 6) is -0.376. The maximum atomic E-state index is 16.4. The molecular weight excluding hydrogens is 542 g/mol. The molecule has 2 heterocycles. The quantitative estimate of drug-likeness (QED) is 0.183. The minimum absolute atomic E-state index is 0.0413. The highest BCUT2D eigenvalue weighted by Crippen LogP contribution is 2.51. The second-order valence-electron chi connectivity index (χ2n) is 10.9. The number of alkyl halides is 1. The second-order valence-corrected chi connectivity index (χ2v) is 12.6. The highest BCUT2D eigenvalue weighted by molar-refractivity contribution is 7.52. The van der Waals surface area contributed by atoms with Crippen molar-refractivity contribution < 1.29 is 32.6 Å². The van der Waals surface area contributed by atoms with Crippen LogP contribution >= 0.6 is 7.75 Å². The summed E-state index contributed by atoms with van der Waals surface area (Å²) in [7, 11) is -4.39. The Morgan fingerprint density at radius 1 is 1.32 bits per heavy atom. The summed E-state index contributed by atoms with van der Waals surface area (Å²) in [6, 6.07) is 6.21. The molecule has 1 aromatic carbocycles. The molecule has 4 rings (SSSR count). The Morgan fingerprint density at radius 2 is 2.02 bits per heavy atom. The lowest BCUT2D eigenvalue weighted by Crippen LogP contribution is -2.41. The number of carbonyl (C=O) groups excluding carboxylic acids is 1. The molecule has 12 nitrogen and oxygen atoms in total. The molecule has 0 amide bonds. The number of hydrogen-bond acceptors (Lipinski definition) is 10. The van der Waals surface area contributed by atoms with Gasteiger partial charge in [0.2, 0.25) is 0 Å². The van der Waals surface area contributed by atoms with Crippen LogP contribution < -0.4 is 15.3 Å². The lowest BCUT2D eigenvalue weighted by Gasteiger charge is -2.29. The predicted octanol–water partition coefficient (Wildman–Crippen LogP) is 3.75. The number of rotatable bonds is 10. The van der Waals surface area contributed by atoms with Crippen molar-refractivity contribution in [1.82, 2.24) is 24.6 Å². The number of imidazole rings is 1. The van der Waals surface area contributed by atoms with Crippen LogP contribution in [0.3, 0.4) is 0 Å². The molecule has 1 aliphatic rings. The van der Waals surface area contributed by atoms with Crippen molar-refractivity contribution in [3.8, 4) is 5.75 Å². The van der Waals surface area contributed by atoms with E-state index in [9.17, 15) is 14.5 Å². The van der Waals surface area contributed by atoms with Gasteiger partial charge in [0.25, 0.3) is 0 Å². The maximum Gasteiger partial charge on any atom is 0.459 e. The van der Waals surface area contributed by atoms with Gasteiger partial charge in [-0.05, 0) is 30.0 Å². The number of esters is 1. The van der Waals surface area contributed by atoms with E-state index in [2.05, 4.69) is 26.6 Å².